The number of terminal acetylenes is 1. The first-order chi connectivity index (χ1) is 19.0. The van der Waals surface area contributed by atoms with E-state index in [1.54, 1.807) is 54.7 Å². The molecular formula is C32H35N3O3S. The molecule has 2 aromatic carbocycles. The first kappa shape index (κ1) is 28.1. The number of benzene rings is 2. The van der Waals surface area contributed by atoms with Gasteiger partial charge in [-0.15, -0.1) is 17.8 Å². The molecule has 3 aromatic rings. The van der Waals surface area contributed by atoms with Gasteiger partial charge in [0, 0.05) is 48.7 Å². The molecule has 1 aromatic heterocycles. The third-order valence-corrected chi connectivity index (χ3v) is 8.10. The zero-order valence-corrected chi connectivity index (χ0v) is 23.6. The number of amides is 1. The molecule has 7 heteroatoms. The van der Waals surface area contributed by atoms with Crippen LogP contribution in [-0.4, -0.2) is 54.0 Å². The maximum atomic E-state index is 13.4. The Morgan fingerprint density at radius 3 is 2.41 bits per heavy atom. The molecular weight excluding hydrogens is 506 g/mol. The molecule has 1 saturated heterocycles. The van der Waals surface area contributed by atoms with Crippen molar-refractivity contribution in [1.82, 2.24) is 9.88 Å². The predicted octanol–water partition coefficient (Wildman–Crippen LogP) is 6.41. The van der Waals surface area contributed by atoms with Crippen LogP contribution in [-0.2, 0) is 4.74 Å². The van der Waals surface area contributed by atoms with E-state index in [1.165, 1.54) is 5.69 Å². The molecule has 4 rings (SSSR count). The van der Waals surface area contributed by atoms with Gasteiger partial charge in [0.1, 0.15) is 0 Å². The fourth-order valence-electron chi connectivity index (χ4n) is 4.87. The van der Waals surface area contributed by atoms with Gasteiger partial charge in [0.15, 0.2) is 6.10 Å². The highest BCUT2D eigenvalue weighted by Gasteiger charge is 2.29. The van der Waals surface area contributed by atoms with Crippen molar-refractivity contribution in [1.29, 1.82) is 0 Å². The van der Waals surface area contributed by atoms with E-state index in [0.717, 1.165) is 42.2 Å². The van der Waals surface area contributed by atoms with E-state index >= 15 is 0 Å². The number of rotatable bonds is 9. The minimum Gasteiger partial charge on any atom is -0.441 e. The molecule has 0 N–H and O–H groups in total. The number of allylic oxidation sites excluding steroid dienone is 1. The Morgan fingerprint density at radius 1 is 1.13 bits per heavy atom. The fraction of sp³-hybridized carbons (Fsp3) is 0.344. The van der Waals surface area contributed by atoms with Crippen molar-refractivity contribution < 1.29 is 14.3 Å². The summed E-state index contributed by atoms with van der Waals surface area (Å²) < 4.78 is 5.41. The standard InChI is InChI=1S/C32H35N3O3S/c1-5-11-26(6-2)38-32(37)28-13-10-9-12-27(28)31(36)35-20-18-24(19-21-35)30-33-29(22-39-30)23-14-16-25(17-15-23)34(7-3)8-4/h2,5,9-17,22,24,26H,7-8,18-21H2,1,3-4H3/b11-5+. The monoisotopic (exact) mass is 541 g/mol. The average Bonchev–Trinajstić information content (AvgIpc) is 3.48. The van der Waals surface area contributed by atoms with E-state index in [-0.39, 0.29) is 11.5 Å². The van der Waals surface area contributed by atoms with E-state index in [0.29, 0.717) is 24.6 Å². The number of hydrogen-bond donors (Lipinski definition) is 0. The minimum absolute atomic E-state index is 0.169. The number of piperidine rings is 1. The van der Waals surface area contributed by atoms with E-state index in [1.807, 2.05) is 4.90 Å². The summed E-state index contributed by atoms with van der Waals surface area (Å²) in [4.78, 5) is 35.3. The van der Waals surface area contributed by atoms with Crippen molar-refractivity contribution in [2.75, 3.05) is 31.1 Å². The number of carbonyl (C=O) groups is 2. The molecule has 2 heterocycles. The van der Waals surface area contributed by atoms with Gasteiger partial charge in [-0.05, 0) is 64.0 Å². The van der Waals surface area contributed by atoms with Crippen LogP contribution in [0.4, 0.5) is 5.69 Å². The summed E-state index contributed by atoms with van der Waals surface area (Å²) in [5, 5.41) is 3.23. The number of hydrogen-bond acceptors (Lipinski definition) is 6. The fourth-order valence-corrected chi connectivity index (χ4v) is 5.87. The Balaban J connectivity index is 1.39. The van der Waals surface area contributed by atoms with Crippen LogP contribution in [0.1, 0.15) is 65.3 Å². The summed E-state index contributed by atoms with van der Waals surface area (Å²) in [6.45, 7) is 9.30. The molecule has 0 spiro atoms. The van der Waals surface area contributed by atoms with Gasteiger partial charge in [-0.3, -0.25) is 4.79 Å². The maximum Gasteiger partial charge on any atom is 0.340 e. The maximum absolute atomic E-state index is 13.4. The number of nitrogens with zero attached hydrogens (tertiary/aromatic N) is 3. The van der Waals surface area contributed by atoms with Crippen molar-refractivity contribution in [2.24, 2.45) is 0 Å². The van der Waals surface area contributed by atoms with Crippen molar-refractivity contribution in [2.45, 2.75) is 45.6 Å². The van der Waals surface area contributed by atoms with Crippen molar-refractivity contribution in [3.63, 3.8) is 0 Å². The summed E-state index contributed by atoms with van der Waals surface area (Å²) in [5.41, 5.74) is 3.90. The molecule has 202 valence electrons. The van der Waals surface area contributed by atoms with E-state index in [2.05, 4.69) is 54.3 Å². The van der Waals surface area contributed by atoms with Gasteiger partial charge in [-0.1, -0.05) is 36.3 Å². The Labute approximate surface area is 235 Å². The molecule has 0 bridgehead atoms. The highest BCUT2D eigenvalue weighted by atomic mass is 32.1. The van der Waals surface area contributed by atoms with E-state index < -0.39 is 12.1 Å². The molecule has 1 atom stereocenters. The molecule has 1 amide bonds. The zero-order valence-electron chi connectivity index (χ0n) is 22.8. The summed E-state index contributed by atoms with van der Waals surface area (Å²) in [7, 11) is 0. The number of anilines is 1. The summed E-state index contributed by atoms with van der Waals surface area (Å²) in [6.07, 6.45) is 9.70. The van der Waals surface area contributed by atoms with Crippen molar-refractivity contribution in [3.8, 4) is 23.6 Å². The average molecular weight is 542 g/mol. The minimum atomic E-state index is -0.773. The quantitative estimate of drug-likeness (QED) is 0.178. The van der Waals surface area contributed by atoms with Gasteiger partial charge in [-0.25, -0.2) is 9.78 Å². The lowest BCUT2D eigenvalue weighted by atomic mass is 9.96. The topological polar surface area (TPSA) is 62.7 Å². The van der Waals surface area contributed by atoms with Crippen LogP contribution in [0.2, 0.25) is 0 Å². The second-order valence-electron chi connectivity index (χ2n) is 9.42. The number of likely N-dealkylation sites (tertiary alicyclic amines) is 1. The summed E-state index contributed by atoms with van der Waals surface area (Å²) in [6, 6.07) is 15.4. The van der Waals surface area contributed by atoms with Crippen LogP contribution in [0.25, 0.3) is 11.3 Å². The number of aromatic nitrogens is 1. The lowest BCUT2D eigenvalue weighted by Gasteiger charge is -2.31. The molecule has 0 aliphatic carbocycles. The van der Waals surface area contributed by atoms with Crippen molar-refractivity contribution >= 4 is 28.9 Å². The van der Waals surface area contributed by atoms with Crippen molar-refractivity contribution in [3.05, 3.63) is 82.2 Å². The number of ether oxygens (including phenoxy) is 1. The number of esters is 1. The smallest absolute Gasteiger partial charge is 0.340 e. The van der Waals surface area contributed by atoms with Gasteiger partial charge >= 0.3 is 5.97 Å². The third-order valence-electron chi connectivity index (χ3n) is 7.09. The number of carbonyl (C=O) groups excluding carboxylic acids is 2. The van der Waals surface area contributed by atoms with Crippen LogP contribution >= 0.6 is 11.3 Å². The van der Waals surface area contributed by atoms with Crippen LogP contribution in [0, 0.1) is 12.3 Å². The zero-order chi connectivity index (χ0) is 27.8. The SMILES string of the molecule is C#CC(/C=C/C)OC(=O)c1ccccc1C(=O)N1CCC(c2nc(-c3ccc(N(CC)CC)cc3)cs2)CC1. The highest BCUT2D eigenvalue weighted by Crippen LogP contribution is 2.34. The van der Waals surface area contributed by atoms with Gasteiger partial charge in [0.2, 0.25) is 0 Å². The Hall–Kier alpha value is -3.89. The van der Waals surface area contributed by atoms with Gasteiger partial charge < -0.3 is 14.5 Å². The van der Waals surface area contributed by atoms with Gasteiger partial charge in [-0.2, -0.15) is 0 Å². The summed E-state index contributed by atoms with van der Waals surface area (Å²) in [5.74, 6) is 1.96. The summed E-state index contributed by atoms with van der Waals surface area (Å²) >= 11 is 1.69. The van der Waals surface area contributed by atoms with Crippen LogP contribution in [0.5, 0.6) is 0 Å². The first-order valence-electron chi connectivity index (χ1n) is 13.5. The number of thiazole rings is 1. The molecule has 0 saturated carbocycles. The predicted molar refractivity (Wildman–Crippen MR) is 158 cm³/mol. The Kier molecular flexibility index (Phi) is 9.56. The van der Waals surface area contributed by atoms with E-state index in [4.69, 9.17) is 16.1 Å². The largest absolute Gasteiger partial charge is 0.441 e. The van der Waals surface area contributed by atoms with Gasteiger partial charge in [0.05, 0.1) is 21.8 Å². The first-order valence-corrected chi connectivity index (χ1v) is 14.4. The van der Waals surface area contributed by atoms with Crippen LogP contribution < -0.4 is 4.90 Å². The molecule has 0 radical (unpaired) electrons. The molecule has 1 fully saturated rings. The van der Waals surface area contributed by atoms with Crippen LogP contribution in [0.15, 0.2) is 66.1 Å². The van der Waals surface area contributed by atoms with Gasteiger partial charge in [0.25, 0.3) is 5.91 Å². The highest BCUT2D eigenvalue weighted by molar-refractivity contribution is 7.10. The molecule has 1 aliphatic rings. The molecule has 39 heavy (non-hydrogen) atoms. The molecule has 1 aliphatic heterocycles. The second-order valence-corrected chi connectivity index (χ2v) is 10.3. The van der Waals surface area contributed by atoms with E-state index in [9.17, 15) is 9.59 Å². The second kappa shape index (κ2) is 13.3. The Morgan fingerprint density at radius 2 is 1.79 bits per heavy atom. The lowest BCUT2D eigenvalue weighted by molar-refractivity contribution is 0.0467. The third kappa shape index (κ3) is 6.58. The van der Waals surface area contributed by atoms with Crippen LogP contribution in [0.3, 0.4) is 0 Å². The normalized spacial score (nSPS) is 14.7. The molecule has 6 nitrogen and oxygen atoms in total. The molecule has 1 unspecified atom stereocenters. The lowest BCUT2D eigenvalue weighted by Crippen LogP contribution is -2.38. The Bertz CT molecular complexity index is 1340.